The van der Waals surface area contributed by atoms with Gasteiger partial charge in [0.25, 0.3) is 0 Å². The predicted octanol–water partition coefficient (Wildman–Crippen LogP) is 5.15. The Labute approximate surface area is 125 Å². The molecule has 1 aliphatic heterocycles. The van der Waals surface area contributed by atoms with Crippen LogP contribution in [0.2, 0.25) is 0 Å². The SMILES string of the molecule is CC.CC.CCN1CC2CC1C=C2c1ccccc1C. The molecule has 112 valence electrons. The molecule has 1 fully saturated rings. The minimum absolute atomic E-state index is 0.713. The van der Waals surface area contributed by atoms with Gasteiger partial charge in [-0.15, -0.1) is 0 Å². The van der Waals surface area contributed by atoms with Gasteiger partial charge in [-0.25, -0.2) is 0 Å². The lowest BCUT2D eigenvalue weighted by Gasteiger charge is -2.25. The van der Waals surface area contributed by atoms with E-state index in [0.29, 0.717) is 6.04 Å². The Balaban J connectivity index is 0.000000461. The van der Waals surface area contributed by atoms with E-state index in [1.165, 1.54) is 30.6 Å². The van der Waals surface area contributed by atoms with Gasteiger partial charge in [0.1, 0.15) is 0 Å². The molecule has 1 aliphatic carbocycles. The molecule has 0 N–H and O–H groups in total. The number of likely N-dealkylation sites (tertiary alicyclic amines) is 1. The molecule has 2 aliphatic rings. The van der Waals surface area contributed by atoms with E-state index < -0.39 is 0 Å². The summed E-state index contributed by atoms with van der Waals surface area (Å²) in [5, 5.41) is 0. The Hall–Kier alpha value is -1.08. The first-order valence-corrected chi connectivity index (χ1v) is 8.31. The van der Waals surface area contributed by atoms with Crippen LogP contribution in [0.15, 0.2) is 30.3 Å². The Morgan fingerprint density at radius 3 is 2.25 bits per heavy atom. The smallest absolute Gasteiger partial charge is 0.0290 e. The zero-order chi connectivity index (χ0) is 15.1. The maximum absolute atomic E-state index is 2.59. The van der Waals surface area contributed by atoms with Crippen LogP contribution in [0.4, 0.5) is 0 Å². The average Bonchev–Trinajstić information content (AvgIpc) is 3.11. The van der Waals surface area contributed by atoms with Crippen LogP contribution in [-0.2, 0) is 0 Å². The second-order valence-corrected chi connectivity index (χ2v) is 5.02. The molecule has 1 heterocycles. The summed E-state index contributed by atoms with van der Waals surface area (Å²) in [6, 6.07) is 9.50. The van der Waals surface area contributed by atoms with E-state index >= 15 is 0 Å². The summed E-state index contributed by atoms with van der Waals surface area (Å²) in [7, 11) is 0. The molecule has 2 bridgehead atoms. The van der Waals surface area contributed by atoms with Crippen LogP contribution in [0, 0.1) is 12.8 Å². The lowest BCUT2D eigenvalue weighted by Crippen LogP contribution is -2.30. The number of aryl methyl sites for hydroxylation is 1. The van der Waals surface area contributed by atoms with E-state index in [-0.39, 0.29) is 0 Å². The topological polar surface area (TPSA) is 3.24 Å². The maximum Gasteiger partial charge on any atom is 0.0290 e. The third-order valence-corrected chi connectivity index (χ3v) is 4.12. The van der Waals surface area contributed by atoms with Gasteiger partial charge in [-0.2, -0.15) is 0 Å². The molecule has 20 heavy (non-hydrogen) atoms. The van der Waals surface area contributed by atoms with Crippen molar-refractivity contribution in [2.24, 2.45) is 5.92 Å². The van der Waals surface area contributed by atoms with Crippen molar-refractivity contribution < 1.29 is 0 Å². The predicted molar refractivity (Wildman–Crippen MR) is 91.0 cm³/mol. The summed E-state index contributed by atoms with van der Waals surface area (Å²) in [4.78, 5) is 2.59. The zero-order valence-corrected chi connectivity index (χ0v) is 14.1. The summed E-state index contributed by atoms with van der Waals surface area (Å²) in [5.74, 6) is 0.783. The van der Waals surface area contributed by atoms with Crippen LogP contribution >= 0.6 is 0 Å². The molecule has 0 saturated carbocycles. The van der Waals surface area contributed by atoms with Crippen molar-refractivity contribution in [2.45, 2.75) is 54.0 Å². The molecule has 2 unspecified atom stereocenters. The first-order valence-electron chi connectivity index (χ1n) is 8.31. The van der Waals surface area contributed by atoms with Crippen LogP contribution in [0.3, 0.4) is 0 Å². The molecule has 0 radical (unpaired) electrons. The fourth-order valence-electron chi connectivity index (χ4n) is 3.25. The summed E-state index contributed by atoms with van der Waals surface area (Å²) < 4.78 is 0. The maximum atomic E-state index is 2.59. The summed E-state index contributed by atoms with van der Waals surface area (Å²) in [6.45, 7) is 14.9. The van der Waals surface area contributed by atoms with E-state index in [1.54, 1.807) is 5.57 Å². The molecule has 1 nitrogen and oxygen atoms in total. The minimum Gasteiger partial charge on any atom is -0.297 e. The van der Waals surface area contributed by atoms with Gasteiger partial charge in [0.15, 0.2) is 0 Å². The number of hydrogen-bond donors (Lipinski definition) is 0. The van der Waals surface area contributed by atoms with Gasteiger partial charge < -0.3 is 0 Å². The highest BCUT2D eigenvalue weighted by atomic mass is 15.2. The van der Waals surface area contributed by atoms with Crippen molar-refractivity contribution in [3.8, 4) is 0 Å². The monoisotopic (exact) mass is 273 g/mol. The third-order valence-electron chi connectivity index (χ3n) is 4.12. The fraction of sp³-hybridized carbons (Fsp3) is 0.579. The quantitative estimate of drug-likeness (QED) is 0.720. The number of fused-ring (bicyclic) bond motifs is 2. The molecule has 1 aromatic rings. The molecular weight excluding hydrogens is 242 g/mol. The molecule has 0 amide bonds. The van der Waals surface area contributed by atoms with Crippen molar-refractivity contribution in [1.29, 1.82) is 0 Å². The van der Waals surface area contributed by atoms with Crippen molar-refractivity contribution in [3.05, 3.63) is 41.5 Å². The van der Waals surface area contributed by atoms with E-state index in [4.69, 9.17) is 0 Å². The molecule has 2 atom stereocenters. The second-order valence-electron chi connectivity index (χ2n) is 5.02. The summed E-state index contributed by atoms with van der Waals surface area (Å²) in [5.41, 5.74) is 4.50. The van der Waals surface area contributed by atoms with Crippen molar-refractivity contribution in [1.82, 2.24) is 4.90 Å². The van der Waals surface area contributed by atoms with Crippen LogP contribution in [-0.4, -0.2) is 24.0 Å². The van der Waals surface area contributed by atoms with Gasteiger partial charge in [0, 0.05) is 12.6 Å². The normalized spacial score (nSPS) is 23.4. The number of hydrogen-bond acceptors (Lipinski definition) is 1. The van der Waals surface area contributed by atoms with Crippen molar-refractivity contribution in [3.63, 3.8) is 0 Å². The van der Waals surface area contributed by atoms with E-state index in [2.05, 4.69) is 49.1 Å². The van der Waals surface area contributed by atoms with Crippen LogP contribution < -0.4 is 0 Å². The van der Waals surface area contributed by atoms with Gasteiger partial charge in [-0.05, 0) is 42.5 Å². The Kier molecular flexibility index (Phi) is 7.01. The fourth-order valence-corrected chi connectivity index (χ4v) is 3.25. The first kappa shape index (κ1) is 17.0. The molecule has 0 spiro atoms. The molecule has 3 rings (SSSR count). The van der Waals surface area contributed by atoms with E-state index in [1.807, 2.05) is 27.7 Å². The van der Waals surface area contributed by atoms with Gasteiger partial charge >= 0.3 is 0 Å². The number of benzene rings is 1. The molecule has 1 heteroatoms. The molecule has 0 aromatic heterocycles. The van der Waals surface area contributed by atoms with E-state index in [9.17, 15) is 0 Å². The van der Waals surface area contributed by atoms with Gasteiger partial charge in [-0.3, -0.25) is 4.90 Å². The minimum atomic E-state index is 0.713. The number of likely N-dealkylation sites (N-methyl/N-ethyl adjacent to an activating group) is 1. The number of rotatable bonds is 2. The van der Waals surface area contributed by atoms with Crippen LogP contribution in [0.1, 0.15) is 52.2 Å². The van der Waals surface area contributed by atoms with E-state index in [0.717, 1.165) is 5.92 Å². The first-order chi connectivity index (χ1) is 9.79. The third kappa shape index (κ3) is 3.32. The highest BCUT2D eigenvalue weighted by Gasteiger charge is 2.38. The second kappa shape index (κ2) is 8.26. The van der Waals surface area contributed by atoms with Crippen LogP contribution in [0.25, 0.3) is 5.57 Å². The molecular formula is C19H31N. The molecule has 1 aromatic carbocycles. The highest BCUT2D eigenvalue weighted by molar-refractivity contribution is 5.73. The lowest BCUT2D eigenvalue weighted by atomic mass is 9.92. The van der Waals surface area contributed by atoms with Crippen LogP contribution in [0.5, 0.6) is 0 Å². The Morgan fingerprint density at radius 2 is 1.75 bits per heavy atom. The Bertz CT molecular complexity index is 433. The van der Waals surface area contributed by atoms with Gasteiger partial charge in [-0.1, -0.05) is 65.0 Å². The summed E-state index contributed by atoms with van der Waals surface area (Å²) in [6.07, 6.45) is 3.84. The van der Waals surface area contributed by atoms with Gasteiger partial charge in [0.2, 0.25) is 0 Å². The average molecular weight is 273 g/mol. The van der Waals surface area contributed by atoms with Crippen molar-refractivity contribution >= 4 is 5.57 Å². The van der Waals surface area contributed by atoms with Gasteiger partial charge in [0.05, 0.1) is 0 Å². The number of nitrogens with zero attached hydrogens (tertiary/aromatic N) is 1. The highest BCUT2D eigenvalue weighted by Crippen LogP contribution is 2.42. The summed E-state index contributed by atoms with van der Waals surface area (Å²) >= 11 is 0. The lowest BCUT2D eigenvalue weighted by molar-refractivity contribution is 0.297. The largest absolute Gasteiger partial charge is 0.297 e. The Morgan fingerprint density at radius 1 is 1.10 bits per heavy atom. The molecule has 1 saturated heterocycles. The zero-order valence-electron chi connectivity index (χ0n) is 14.1. The standard InChI is InChI=1S/C15H19N.2C2H6/c1-3-16-10-12-8-13(16)9-15(12)14-7-5-4-6-11(14)2;2*1-2/h4-7,9,12-13H,3,8,10H2,1-2H3;2*1-2H3. The van der Waals surface area contributed by atoms with Crippen molar-refractivity contribution in [2.75, 3.05) is 13.1 Å².